The van der Waals surface area contributed by atoms with E-state index >= 15 is 0 Å². The molecule has 1 heterocycles. The van der Waals surface area contributed by atoms with Crippen LogP contribution in [-0.2, 0) is 0 Å². The van der Waals surface area contributed by atoms with Crippen LogP contribution < -0.4 is 16.6 Å². The van der Waals surface area contributed by atoms with Crippen molar-refractivity contribution in [3.05, 3.63) is 11.9 Å². The van der Waals surface area contributed by atoms with Gasteiger partial charge in [-0.25, -0.2) is 15.8 Å². The Bertz CT molecular complexity index is 381. The number of aromatic nitrogens is 2. The predicted molar refractivity (Wildman–Crippen MR) is 69.6 cm³/mol. The van der Waals surface area contributed by atoms with Gasteiger partial charge >= 0.3 is 0 Å². The summed E-state index contributed by atoms with van der Waals surface area (Å²) in [6, 6.07) is 1.84. The van der Waals surface area contributed by atoms with Crippen LogP contribution in [0.5, 0.6) is 0 Å². The van der Waals surface area contributed by atoms with Crippen molar-refractivity contribution in [1.29, 1.82) is 0 Å². The molecule has 0 aliphatic heterocycles. The second-order valence-electron chi connectivity index (χ2n) is 4.89. The van der Waals surface area contributed by atoms with Crippen molar-refractivity contribution in [2.75, 3.05) is 17.3 Å². The second-order valence-corrected chi connectivity index (χ2v) is 4.89. The predicted octanol–water partition coefficient (Wildman–Crippen LogP) is 2.06. The zero-order valence-electron chi connectivity index (χ0n) is 10.6. The first-order valence-corrected chi connectivity index (χ1v) is 6.24. The summed E-state index contributed by atoms with van der Waals surface area (Å²) in [5.41, 5.74) is 3.04. The molecule has 0 atom stereocenters. The molecule has 1 aliphatic carbocycles. The van der Waals surface area contributed by atoms with Gasteiger partial charge in [0.05, 0.1) is 0 Å². The fraction of sp³-hybridized carbons (Fsp3) is 0.667. The minimum absolute atomic E-state index is 0.481. The number of hydrazine groups is 1. The normalized spacial score (nSPS) is 17.4. The van der Waals surface area contributed by atoms with Gasteiger partial charge in [0.2, 0.25) is 0 Å². The van der Waals surface area contributed by atoms with E-state index in [1.165, 1.54) is 25.7 Å². The first-order valence-electron chi connectivity index (χ1n) is 6.24. The number of hydrogen-bond acceptors (Lipinski definition) is 5. The third-order valence-electron chi connectivity index (χ3n) is 3.79. The van der Waals surface area contributed by atoms with Gasteiger partial charge in [0.1, 0.15) is 17.5 Å². The van der Waals surface area contributed by atoms with Crippen molar-refractivity contribution >= 4 is 11.6 Å². The molecule has 5 heteroatoms. The maximum atomic E-state index is 5.37. The summed E-state index contributed by atoms with van der Waals surface area (Å²) in [5.74, 6) is 7.59. The van der Waals surface area contributed by atoms with Crippen LogP contribution in [0.2, 0.25) is 0 Å². The van der Waals surface area contributed by atoms with E-state index in [4.69, 9.17) is 5.84 Å². The van der Waals surface area contributed by atoms with Crippen LogP contribution in [0.15, 0.2) is 6.07 Å². The Morgan fingerprint density at radius 1 is 1.35 bits per heavy atom. The Kier molecular flexibility index (Phi) is 3.47. The van der Waals surface area contributed by atoms with Crippen LogP contribution in [-0.4, -0.2) is 16.5 Å². The van der Waals surface area contributed by atoms with Crippen molar-refractivity contribution in [3.8, 4) is 0 Å². The van der Waals surface area contributed by atoms with E-state index in [2.05, 4.69) is 27.6 Å². The lowest BCUT2D eigenvalue weighted by Crippen LogP contribution is -2.36. The highest BCUT2D eigenvalue weighted by Gasteiger charge is 2.34. The Labute approximate surface area is 102 Å². The third-order valence-corrected chi connectivity index (χ3v) is 3.79. The molecule has 17 heavy (non-hydrogen) atoms. The molecule has 1 saturated carbocycles. The molecule has 0 aromatic carbocycles. The number of aryl methyl sites for hydroxylation is 1. The summed E-state index contributed by atoms with van der Waals surface area (Å²) in [4.78, 5) is 8.52. The summed E-state index contributed by atoms with van der Waals surface area (Å²) in [6.07, 6.45) is 5.23. The molecule has 0 radical (unpaired) electrons. The number of anilines is 2. The first kappa shape index (κ1) is 12.1. The van der Waals surface area contributed by atoms with Gasteiger partial charge in [-0.2, -0.15) is 0 Å². The van der Waals surface area contributed by atoms with Crippen LogP contribution >= 0.6 is 0 Å². The van der Waals surface area contributed by atoms with Gasteiger partial charge in [-0.1, -0.05) is 13.3 Å². The van der Waals surface area contributed by atoms with Gasteiger partial charge in [0, 0.05) is 12.6 Å². The number of nitrogens with two attached hydrogens (primary N) is 1. The van der Waals surface area contributed by atoms with Crippen LogP contribution in [0, 0.1) is 12.3 Å². The Balaban J connectivity index is 2.01. The zero-order valence-corrected chi connectivity index (χ0v) is 10.6. The molecular weight excluding hydrogens is 214 g/mol. The second kappa shape index (κ2) is 4.87. The summed E-state index contributed by atoms with van der Waals surface area (Å²) in [7, 11) is 0. The van der Waals surface area contributed by atoms with E-state index in [1.54, 1.807) is 0 Å². The molecule has 4 N–H and O–H groups in total. The lowest BCUT2D eigenvalue weighted by atomic mass is 9.67. The minimum Gasteiger partial charge on any atom is -0.369 e. The van der Waals surface area contributed by atoms with E-state index in [9.17, 15) is 0 Å². The monoisotopic (exact) mass is 235 g/mol. The minimum atomic E-state index is 0.481. The lowest BCUT2D eigenvalue weighted by Gasteiger charge is -2.41. The average molecular weight is 235 g/mol. The van der Waals surface area contributed by atoms with Crippen LogP contribution in [0.25, 0.3) is 0 Å². The summed E-state index contributed by atoms with van der Waals surface area (Å²) in [5, 5.41) is 3.41. The smallest absolute Gasteiger partial charge is 0.145 e. The van der Waals surface area contributed by atoms with Crippen molar-refractivity contribution in [1.82, 2.24) is 9.97 Å². The van der Waals surface area contributed by atoms with Crippen LogP contribution in [0.1, 0.15) is 38.4 Å². The van der Waals surface area contributed by atoms with E-state index in [0.717, 1.165) is 18.2 Å². The molecule has 1 fully saturated rings. The fourth-order valence-corrected chi connectivity index (χ4v) is 2.34. The van der Waals surface area contributed by atoms with Gasteiger partial charge in [0.25, 0.3) is 0 Å². The summed E-state index contributed by atoms with van der Waals surface area (Å²) >= 11 is 0. The van der Waals surface area contributed by atoms with Crippen molar-refractivity contribution in [2.24, 2.45) is 11.3 Å². The zero-order chi connectivity index (χ0) is 12.3. The highest BCUT2D eigenvalue weighted by atomic mass is 15.3. The molecule has 2 rings (SSSR count). The molecule has 0 amide bonds. The molecule has 94 valence electrons. The maximum Gasteiger partial charge on any atom is 0.145 e. The topological polar surface area (TPSA) is 75.9 Å². The molecule has 1 aromatic heterocycles. The highest BCUT2D eigenvalue weighted by molar-refractivity contribution is 5.46. The fourth-order valence-electron chi connectivity index (χ4n) is 2.34. The number of hydrogen-bond donors (Lipinski definition) is 3. The van der Waals surface area contributed by atoms with E-state index in [-0.39, 0.29) is 0 Å². The van der Waals surface area contributed by atoms with Gasteiger partial charge in [-0.15, -0.1) is 0 Å². The molecule has 1 aliphatic rings. The quantitative estimate of drug-likeness (QED) is 0.538. The molecule has 0 saturated heterocycles. The number of nitrogen functional groups attached to an aromatic ring is 1. The maximum absolute atomic E-state index is 5.37. The van der Waals surface area contributed by atoms with Crippen molar-refractivity contribution in [3.63, 3.8) is 0 Å². The van der Waals surface area contributed by atoms with Gasteiger partial charge in [0.15, 0.2) is 0 Å². The number of nitrogens with zero attached hydrogens (tertiary/aromatic N) is 2. The van der Waals surface area contributed by atoms with Gasteiger partial charge in [-0.3, -0.25) is 0 Å². The van der Waals surface area contributed by atoms with Crippen LogP contribution in [0.4, 0.5) is 11.6 Å². The SMILES string of the molecule is CCC1(CNc2cc(NN)nc(C)n2)CCC1. The summed E-state index contributed by atoms with van der Waals surface area (Å²) < 4.78 is 0. The third kappa shape index (κ3) is 2.66. The molecule has 0 bridgehead atoms. The Morgan fingerprint density at radius 2 is 2.06 bits per heavy atom. The Morgan fingerprint density at radius 3 is 2.59 bits per heavy atom. The van der Waals surface area contributed by atoms with Crippen molar-refractivity contribution < 1.29 is 0 Å². The van der Waals surface area contributed by atoms with E-state index in [1.807, 2.05) is 13.0 Å². The van der Waals surface area contributed by atoms with Gasteiger partial charge in [-0.05, 0) is 31.6 Å². The van der Waals surface area contributed by atoms with E-state index in [0.29, 0.717) is 11.2 Å². The molecule has 0 spiro atoms. The molecular formula is C12H21N5. The highest BCUT2D eigenvalue weighted by Crippen LogP contribution is 2.43. The standard InChI is InChI=1S/C12H21N5/c1-3-12(5-4-6-12)8-14-10-7-11(17-13)16-9(2)15-10/h7H,3-6,8,13H2,1-2H3,(H2,14,15,16,17). The lowest BCUT2D eigenvalue weighted by molar-refractivity contribution is 0.145. The largest absolute Gasteiger partial charge is 0.369 e. The summed E-state index contributed by atoms with van der Waals surface area (Å²) in [6.45, 7) is 5.12. The first-order chi connectivity index (χ1) is 8.17. The van der Waals surface area contributed by atoms with Gasteiger partial charge < -0.3 is 10.7 Å². The molecule has 5 nitrogen and oxygen atoms in total. The average Bonchev–Trinajstić information content (AvgIpc) is 2.27. The van der Waals surface area contributed by atoms with E-state index < -0.39 is 0 Å². The van der Waals surface area contributed by atoms with Crippen molar-refractivity contribution in [2.45, 2.75) is 39.5 Å². The number of rotatable bonds is 5. The van der Waals surface area contributed by atoms with Crippen LogP contribution in [0.3, 0.4) is 0 Å². The molecule has 1 aromatic rings. The molecule has 0 unspecified atom stereocenters. The Hall–Kier alpha value is -1.36. The number of nitrogens with one attached hydrogen (secondary N) is 2.